The molecule has 0 amide bonds. The third kappa shape index (κ3) is 22.7. The smallest absolute Gasteiger partial charge is 0.505 e. The minimum absolute atomic E-state index is 0.316. The zero-order valence-electron chi connectivity index (χ0n) is 10.7. The van der Waals surface area contributed by atoms with Gasteiger partial charge in [0.25, 0.3) is 12.3 Å². The summed E-state index contributed by atoms with van der Waals surface area (Å²) in [6.07, 6.45) is -7.18. The lowest BCUT2D eigenvalue weighted by Gasteiger charge is -2.15. The van der Waals surface area contributed by atoms with Crippen LogP contribution < -0.4 is 10.2 Å². The number of carbonyl (C=O) groups is 4. The van der Waals surface area contributed by atoms with Crippen LogP contribution in [-0.2, 0) is 18.9 Å². The molecule has 0 radical (unpaired) electrons. The van der Waals surface area contributed by atoms with Crippen LogP contribution in [-0.4, -0.2) is 60.8 Å². The van der Waals surface area contributed by atoms with Crippen molar-refractivity contribution in [3.05, 3.63) is 0 Å². The average Bonchev–Trinajstić information content (AvgIpc) is 2.32. The molecule has 0 bridgehead atoms. The molecule has 0 aliphatic rings. The molecule has 122 valence electrons. The number of carboxylic acid groups (broad SMARTS) is 4. The number of carbonyl (C=O) groups excluding carboxylic acids is 2. The van der Waals surface area contributed by atoms with Gasteiger partial charge in [0.2, 0.25) is 0 Å². The second-order valence-electron chi connectivity index (χ2n) is 2.97. The first-order valence-corrected chi connectivity index (χ1v) is 5.08. The van der Waals surface area contributed by atoms with Gasteiger partial charge in [0.05, 0.1) is 12.7 Å². The molecule has 0 aliphatic heterocycles. The number of hydrogen-bond acceptors (Lipinski definition) is 10. The van der Waals surface area contributed by atoms with E-state index in [0.717, 1.165) is 0 Å². The average molecular weight is 312 g/mol. The maximum absolute atomic E-state index is 9.75. The van der Waals surface area contributed by atoms with Gasteiger partial charge in [-0.3, -0.25) is 0 Å². The van der Waals surface area contributed by atoms with Gasteiger partial charge in [-0.15, -0.1) is 0 Å². The van der Waals surface area contributed by atoms with E-state index in [0.29, 0.717) is 0 Å². The van der Waals surface area contributed by atoms with Crippen molar-refractivity contribution < 1.29 is 58.6 Å². The molecule has 0 heterocycles. The summed E-state index contributed by atoms with van der Waals surface area (Å²) >= 11 is 0. The van der Waals surface area contributed by atoms with Crippen molar-refractivity contribution in [2.24, 2.45) is 0 Å². The maximum Gasteiger partial charge on any atom is 0.505 e. The zero-order valence-corrected chi connectivity index (χ0v) is 10.7. The fraction of sp³-hybridized carbons (Fsp3) is 0.556. The Kier molecular flexibility index (Phi) is 11.8. The van der Waals surface area contributed by atoms with E-state index >= 15 is 0 Å². The molecule has 21 heavy (non-hydrogen) atoms. The van der Waals surface area contributed by atoms with Crippen LogP contribution >= 0.6 is 0 Å². The summed E-state index contributed by atoms with van der Waals surface area (Å²) in [5.41, 5.74) is 0. The molecule has 12 heteroatoms. The van der Waals surface area contributed by atoms with Gasteiger partial charge in [-0.1, -0.05) is 0 Å². The van der Waals surface area contributed by atoms with Gasteiger partial charge in [0, 0.05) is 0 Å². The van der Waals surface area contributed by atoms with Gasteiger partial charge in [-0.05, 0) is 6.92 Å². The van der Waals surface area contributed by atoms with E-state index in [4.69, 9.17) is 10.2 Å². The largest absolute Gasteiger partial charge is 0.546 e. The summed E-state index contributed by atoms with van der Waals surface area (Å²) in [7, 11) is 0. The van der Waals surface area contributed by atoms with E-state index in [9.17, 15) is 29.4 Å². The molecule has 0 aromatic rings. The third-order valence-corrected chi connectivity index (χ3v) is 1.27. The van der Waals surface area contributed by atoms with E-state index in [1.165, 1.54) is 6.92 Å². The Morgan fingerprint density at radius 3 is 1.76 bits per heavy atom. The zero-order chi connectivity index (χ0) is 16.8. The molecule has 0 aromatic carbocycles. The van der Waals surface area contributed by atoms with Crippen LogP contribution in [0.4, 0.5) is 19.2 Å². The highest BCUT2D eigenvalue weighted by Crippen LogP contribution is 1.91. The van der Waals surface area contributed by atoms with E-state index in [1.807, 2.05) is 0 Å². The lowest BCUT2D eigenvalue weighted by Crippen LogP contribution is -2.30. The molecule has 1 unspecified atom stereocenters. The standard InChI is InChI=1S/C5H8O6.C4H6O6/c1-3(11-5(8)9)2-10-4(6)7;5-3(6)9-1-2-10-4(7)8/h3H,2H2,1H3,(H,6,7)(H,8,9);1-2H2,(H,5,6)(H,7,8)/p-2. The third-order valence-electron chi connectivity index (χ3n) is 1.27. The van der Waals surface area contributed by atoms with E-state index < -0.39 is 30.7 Å². The van der Waals surface area contributed by atoms with Crippen LogP contribution in [0.1, 0.15) is 6.92 Å². The van der Waals surface area contributed by atoms with Crippen molar-refractivity contribution in [2.45, 2.75) is 13.0 Å². The first-order chi connectivity index (χ1) is 9.65. The van der Waals surface area contributed by atoms with Gasteiger partial charge < -0.3 is 49.0 Å². The van der Waals surface area contributed by atoms with Crippen molar-refractivity contribution in [3.63, 3.8) is 0 Å². The fourth-order valence-electron chi connectivity index (χ4n) is 0.641. The molecule has 0 spiro atoms. The normalized spacial score (nSPS) is 10.1. The SMILES string of the molecule is CC(COC(=O)O)OC(=O)[O-].O=C([O-])OCCOC(=O)O. The van der Waals surface area contributed by atoms with Gasteiger partial charge in [0.1, 0.15) is 13.2 Å². The van der Waals surface area contributed by atoms with E-state index in [2.05, 4.69) is 18.9 Å². The Morgan fingerprint density at radius 1 is 0.905 bits per heavy atom. The first kappa shape index (κ1) is 20.4. The van der Waals surface area contributed by atoms with Crippen LogP contribution in [0.25, 0.3) is 0 Å². The molecule has 0 saturated heterocycles. The number of hydrogen-bond donors (Lipinski definition) is 2. The van der Waals surface area contributed by atoms with E-state index in [-0.39, 0.29) is 19.8 Å². The maximum atomic E-state index is 9.75. The number of rotatable bonds is 6. The fourth-order valence-corrected chi connectivity index (χ4v) is 0.641. The molecule has 0 saturated carbocycles. The molecular weight excluding hydrogens is 300 g/mol. The summed E-state index contributed by atoms with van der Waals surface area (Å²) in [5, 5.41) is 35.0. The van der Waals surface area contributed by atoms with Crippen LogP contribution in [0.2, 0.25) is 0 Å². The lowest BCUT2D eigenvalue weighted by molar-refractivity contribution is -0.288. The van der Waals surface area contributed by atoms with Gasteiger partial charge in [-0.2, -0.15) is 0 Å². The van der Waals surface area contributed by atoms with Gasteiger partial charge >= 0.3 is 12.3 Å². The molecule has 0 aromatic heterocycles. The van der Waals surface area contributed by atoms with Crippen LogP contribution in [0, 0.1) is 0 Å². The van der Waals surface area contributed by atoms with Crippen molar-refractivity contribution >= 4 is 24.6 Å². The molecule has 0 aliphatic carbocycles. The second kappa shape index (κ2) is 12.1. The topological polar surface area (TPSA) is 192 Å². The van der Waals surface area contributed by atoms with Crippen molar-refractivity contribution in [3.8, 4) is 0 Å². The Bertz CT molecular complexity index is 335. The Balaban J connectivity index is 0. The molecule has 12 nitrogen and oxygen atoms in total. The van der Waals surface area contributed by atoms with Crippen LogP contribution in [0.15, 0.2) is 0 Å². The predicted octanol–water partition coefficient (Wildman–Crippen LogP) is -1.53. The first-order valence-electron chi connectivity index (χ1n) is 5.08. The van der Waals surface area contributed by atoms with Crippen molar-refractivity contribution in [1.82, 2.24) is 0 Å². The monoisotopic (exact) mass is 312 g/mol. The predicted molar refractivity (Wildman–Crippen MR) is 55.2 cm³/mol. The summed E-state index contributed by atoms with van der Waals surface area (Å²) in [6, 6.07) is 0. The molecule has 1 atom stereocenters. The Hall–Kier alpha value is -2.92. The molecule has 0 fully saturated rings. The summed E-state index contributed by atoms with van der Waals surface area (Å²) < 4.78 is 15.7. The highest BCUT2D eigenvalue weighted by Gasteiger charge is 2.03. The summed E-state index contributed by atoms with van der Waals surface area (Å²) in [5.74, 6) is 0. The van der Waals surface area contributed by atoms with E-state index in [1.54, 1.807) is 0 Å². The van der Waals surface area contributed by atoms with Gasteiger partial charge in [-0.25, -0.2) is 9.59 Å². The summed E-state index contributed by atoms with van der Waals surface area (Å²) in [4.78, 5) is 38.6. The highest BCUT2D eigenvalue weighted by atomic mass is 16.7. The van der Waals surface area contributed by atoms with Crippen LogP contribution in [0.3, 0.4) is 0 Å². The van der Waals surface area contributed by atoms with Crippen molar-refractivity contribution in [2.75, 3.05) is 19.8 Å². The quantitative estimate of drug-likeness (QED) is 0.327. The molecular formula is C9H12O12-2. The second-order valence-corrected chi connectivity index (χ2v) is 2.97. The Labute approximate surface area is 117 Å². The Morgan fingerprint density at radius 2 is 1.38 bits per heavy atom. The minimum Gasteiger partial charge on any atom is -0.546 e. The highest BCUT2D eigenvalue weighted by molar-refractivity contribution is 5.57. The molecule has 2 N–H and O–H groups in total. The summed E-state index contributed by atoms with van der Waals surface area (Å²) in [6.45, 7) is 0.361. The lowest BCUT2D eigenvalue weighted by atomic mass is 10.4. The number of ether oxygens (including phenoxy) is 4. The van der Waals surface area contributed by atoms with Gasteiger partial charge in [0.15, 0.2) is 0 Å². The van der Waals surface area contributed by atoms with Crippen molar-refractivity contribution in [1.29, 1.82) is 0 Å². The van der Waals surface area contributed by atoms with Crippen LogP contribution in [0.5, 0.6) is 0 Å². The molecule has 0 rings (SSSR count). The minimum atomic E-state index is -1.70.